The van der Waals surface area contributed by atoms with E-state index in [1.54, 1.807) is 12.3 Å². The highest BCUT2D eigenvalue weighted by Gasteiger charge is 2.29. The second-order valence-corrected chi connectivity index (χ2v) is 5.79. The zero-order valence-corrected chi connectivity index (χ0v) is 13.8. The van der Waals surface area contributed by atoms with Crippen LogP contribution in [0, 0.1) is 0 Å². The Balaban J connectivity index is 1.72. The number of benzene rings is 1. The molecule has 25 heavy (non-hydrogen) atoms. The van der Waals surface area contributed by atoms with Gasteiger partial charge in [0.05, 0.1) is 12.9 Å². The minimum absolute atomic E-state index is 0.0490. The van der Waals surface area contributed by atoms with Crippen molar-refractivity contribution in [1.82, 2.24) is 10.6 Å². The number of carbonyl (C=O) groups is 2. The van der Waals surface area contributed by atoms with Gasteiger partial charge in [0.1, 0.15) is 11.8 Å². The molecule has 1 atom stereocenters. The first-order valence-corrected chi connectivity index (χ1v) is 8.25. The van der Waals surface area contributed by atoms with Gasteiger partial charge in [0.25, 0.3) is 0 Å². The highest BCUT2D eigenvalue weighted by atomic mass is 16.3. The topological polar surface area (TPSA) is 94.8 Å². The fourth-order valence-electron chi connectivity index (χ4n) is 3.05. The first-order valence-electron chi connectivity index (χ1n) is 8.25. The second-order valence-electron chi connectivity index (χ2n) is 5.79. The van der Waals surface area contributed by atoms with E-state index in [0.717, 1.165) is 24.4 Å². The summed E-state index contributed by atoms with van der Waals surface area (Å²) in [5.74, 6) is -0.751. The molecular weight excluding hydrogens is 322 g/mol. The van der Waals surface area contributed by atoms with Crippen molar-refractivity contribution in [2.24, 2.45) is 0 Å². The Bertz CT molecular complexity index is 730. The molecule has 3 N–H and O–H groups in total. The van der Waals surface area contributed by atoms with Crippen LogP contribution < -0.4 is 15.5 Å². The smallest absolute Gasteiger partial charge is 0.309 e. The van der Waals surface area contributed by atoms with Crippen molar-refractivity contribution in [1.29, 1.82) is 0 Å². The highest BCUT2D eigenvalue weighted by Crippen LogP contribution is 2.34. The van der Waals surface area contributed by atoms with Crippen LogP contribution >= 0.6 is 0 Å². The summed E-state index contributed by atoms with van der Waals surface area (Å²) in [6, 6.07) is 11.6. The van der Waals surface area contributed by atoms with Crippen LogP contribution in [0.25, 0.3) is 0 Å². The lowest BCUT2D eigenvalue weighted by atomic mass is 10.1. The maximum Gasteiger partial charge on any atom is 0.309 e. The van der Waals surface area contributed by atoms with Crippen molar-refractivity contribution in [3.63, 3.8) is 0 Å². The minimum atomic E-state index is -0.755. The summed E-state index contributed by atoms with van der Waals surface area (Å²) in [5.41, 5.74) is 2.37. The van der Waals surface area contributed by atoms with E-state index in [9.17, 15) is 9.59 Å². The van der Waals surface area contributed by atoms with Crippen LogP contribution in [-0.4, -0.2) is 43.2 Å². The van der Waals surface area contributed by atoms with Crippen LogP contribution in [0.15, 0.2) is 47.1 Å². The van der Waals surface area contributed by atoms with Crippen LogP contribution in [0.3, 0.4) is 0 Å². The molecule has 0 saturated heterocycles. The summed E-state index contributed by atoms with van der Waals surface area (Å²) < 4.78 is 5.55. The molecule has 132 valence electrons. The fraction of sp³-hybridized carbons (Fsp3) is 0.333. The number of rotatable bonds is 6. The van der Waals surface area contributed by atoms with E-state index in [0.29, 0.717) is 0 Å². The molecule has 2 amide bonds. The molecule has 0 bridgehead atoms. The monoisotopic (exact) mass is 343 g/mol. The van der Waals surface area contributed by atoms with Gasteiger partial charge in [-0.2, -0.15) is 0 Å². The zero-order valence-electron chi connectivity index (χ0n) is 13.8. The summed E-state index contributed by atoms with van der Waals surface area (Å²) >= 11 is 0. The Kier molecular flexibility index (Phi) is 5.35. The number of amides is 2. The molecule has 1 aliphatic heterocycles. The normalized spacial score (nSPS) is 14.0. The van der Waals surface area contributed by atoms with Crippen molar-refractivity contribution in [3.05, 3.63) is 54.0 Å². The first-order chi connectivity index (χ1) is 12.2. The zero-order chi connectivity index (χ0) is 17.6. The van der Waals surface area contributed by atoms with Gasteiger partial charge in [-0.3, -0.25) is 9.59 Å². The molecule has 1 aliphatic rings. The van der Waals surface area contributed by atoms with Crippen molar-refractivity contribution in [2.75, 3.05) is 31.1 Å². The van der Waals surface area contributed by atoms with Gasteiger partial charge in [0, 0.05) is 25.3 Å². The lowest BCUT2D eigenvalue weighted by Gasteiger charge is -2.29. The quantitative estimate of drug-likeness (QED) is 0.668. The molecule has 1 aromatic heterocycles. The molecule has 0 fully saturated rings. The average molecular weight is 343 g/mol. The summed E-state index contributed by atoms with van der Waals surface area (Å²) in [6.45, 7) is 0.899. The SMILES string of the molecule is O=C(NCCO)C(=O)NC[C@@H](c1ccco1)N1CCc2ccccc21. The van der Waals surface area contributed by atoms with E-state index >= 15 is 0 Å². The minimum Gasteiger partial charge on any atom is -0.467 e. The van der Waals surface area contributed by atoms with E-state index in [1.807, 2.05) is 24.3 Å². The summed E-state index contributed by atoms with van der Waals surface area (Å²) in [6.07, 6.45) is 2.53. The van der Waals surface area contributed by atoms with Crippen LogP contribution in [0.1, 0.15) is 17.4 Å². The third-order valence-electron chi connectivity index (χ3n) is 4.23. The molecule has 3 rings (SSSR count). The fourth-order valence-corrected chi connectivity index (χ4v) is 3.05. The number of anilines is 1. The molecule has 0 aliphatic carbocycles. The standard InChI is InChI=1S/C18H21N3O4/c22-10-8-19-17(23)18(24)20-12-15(16-6-3-11-25-16)21-9-7-13-4-1-2-5-14(13)21/h1-6,11,15,22H,7-10,12H2,(H,19,23)(H,20,24)/t15-/m0/s1. The van der Waals surface area contributed by atoms with E-state index in [-0.39, 0.29) is 25.7 Å². The number of aliphatic hydroxyl groups is 1. The number of hydrogen-bond donors (Lipinski definition) is 3. The van der Waals surface area contributed by atoms with Gasteiger partial charge in [-0.1, -0.05) is 18.2 Å². The predicted octanol–water partition coefficient (Wildman–Crippen LogP) is 0.608. The number of hydrogen-bond acceptors (Lipinski definition) is 5. The summed E-state index contributed by atoms with van der Waals surface area (Å²) in [5, 5.41) is 13.7. The lowest BCUT2D eigenvalue weighted by molar-refractivity contribution is -0.139. The lowest BCUT2D eigenvalue weighted by Crippen LogP contribution is -2.44. The van der Waals surface area contributed by atoms with Crippen LogP contribution in [-0.2, 0) is 16.0 Å². The van der Waals surface area contributed by atoms with Crippen molar-refractivity contribution >= 4 is 17.5 Å². The number of nitrogens with one attached hydrogen (secondary N) is 2. The summed E-state index contributed by atoms with van der Waals surface area (Å²) in [4.78, 5) is 25.8. The maximum atomic E-state index is 11.9. The Morgan fingerprint density at radius 1 is 1.16 bits per heavy atom. The largest absolute Gasteiger partial charge is 0.467 e. The molecule has 7 heteroatoms. The third-order valence-corrected chi connectivity index (χ3v) is 4.23. The van der Waals surface area contributed by atoms with E-state index in [1.165, 1.54) is 5.56 Å². The number of nitrogens with zero attached hydrogens (tertiary/aromatic N) is 1. The molecular formula is C18H21N3O4. The van der Waals surface area contributed by atoms with Crippen molar-refractivity contribution < 1.29 is 19.1 Å². The van der Waals surface area contributed by atoms with E-state index in [4.69, 9.17) is 9.52 Å². The molecule has 0 unspecified atom stereocenters. The molecule has 0 radical (unpaired) electrons. The number of aliphatic hydroxyl groups excluding tert-OH is 1. The van der Waals surface area contributed by atoms with Crippen molar-refractivity contribution in [2.45, 2.75) is 12.5 Å². The van der Waals surface area contributed by atoms with Gasteiger partial charge < -0.3 is 25.1 Å². The van der Waals surface area contributed by atoms with Crippen molar-refractivity contribution in [3.8, 4) is 0 Å². The predicted molar refractivity (Wildman–Crippen MR) is 92.0 cm³/mol. The van der Waals surface area contributed by atoms with Gasteiger partial charge in [-0.15, -0.1) is 0 Å². The van der Waals surface area contributed by atoms with E-state index in [2.05, 4.69) is 21.6 Å². The molecule has 1 aromatic carbocycles. The van der Waals surface area contributed by atoms with Gasteiger partial charge in [0.2, 0.25) is 0 Å². The Morgan fingerprint density at radius 3 is 2.72 bits per heavy atom. The number of furan rings is 1. The number of carbonyl (C=O) groups excluding carboxylic acids is 2. The van der Waals surface area contributed by atoms with Gasteiger partial charge >= 0.3 is 11.8 Å². The molecule has 2 aromatic rings. The Labute approximate surface area is 145 Å². The van der Waals surface area contributed by atoms with Crippen LogP contribution in [0.5, 0.6) is 0 Å². The highest BCUT2D eigenvalue weighted by molar-refractivity contribution is 6.35. The van der Waals surface area contributed by atoms with Crippen LogP contribution in [0.4, 0.5) is 5.69 Å². The summed E-state index contributed by atoms with van der Waals surface area (Å²) in [7, 11) is 0. The van der Waals surface area contributed by atoms with E-state index < -0.39 is 11.8 Å². The Hall–Kier alpha value is -2.80. The Morgan fingerprint density at radius 2 is 1.96 bits per heavy atom. The van der Waals surface area contributed by atoms with Crippen LogP contribution in [0.2, 0.25) is 0 Å². The van der Waals surface area contributed by atoms with Gasteiger partial charge in [0.15, 0.2) is 0 Å². The number of para-hydroxylation sites is 1. The second kappa shape index (κ2) is 7.85. The van der Waals surface area contributed by atoms with Gasteiger partial charge in [-0.25, -0.2) is 0 Å². The average Bonchev–Trinajstić information content (AvgIpc) is 3.30. The first kappa shape index (κ1) is 17.0. The van der Waals surface area contributed by atoms with Gasteiger partial charge in [-0.05, 0) is 30.2 Å². The molecule has 0 saturated carbocycles. The molecule has 0 spiro atoms. The molecule has 7 nitrogen and oxygen atoms in total. The maximum absolute atomic E-state index is 11.9. The third kappa shape index (κ3) is 3.83. The number of fused-ring (bicyclic) bond motifs is 1. The molecule has 2 heterocycles.